The third-order valence-electron chi connectivity index (χ3n) is 5.51. The Bertz CT molecular complexity index is 521. The molecule has 0 N–H and O–H groups in total. The molecular weight excluding hydrogens is 370 g/mol. The maximum atomic E-state index is 11.7. The van der Waals surface area contributed by atoms with E-state index in [9.17, 15) is 4.79 Å². The normalized spacial score (nSPS) is 14.8. The highest BCUT2D eigenvalue weighted by atomic mass is 16.5. The summed E-state index contributed by atoms with van der Waals surface area (Å²) in [5, 5.41) is 0. The van der Waals surface area contributed by atoms with E-state index >= 15 is 0 Å². The van der Waals surface area contributed by atoms with Crippen LogP contribution in [0.5, 0.6) is 0 Å². The molecule has 0 radical (unpaired) electrons. The van der Waals surface area contributed by atoms with Crippen LogP contribution in [0.1, 0.15) is 103 Å². The molecule has 1 rings (SSSR count). The number of carbonyl (C=O) groups is 1. The molecule has 0 spiro atoms. The van der Waals surface area contributed by atoms with Crippen molar-refractivity contribution < 1.29 is 9.53 Å². The van der Waals surface area contributed by atoms with E-state index in [-0.39, 0.29) is 12.6 Å². The van der Waals surface area contributed by atoms with Gasteiger partial charge in [-0.05, 0) is 64.5 Å². The van der Waals surface area contributed by atoms with Gasteiger partial charge in [0.25, 0.3) is 0 Å². The van der Waals surface area contributed by atoms with Crippen molar-refractivity contribution in [3.8, 4) is 11.8 Å². The predicted molar refractivity (Wildman–Crippen MR) is 128 cm³/mol. The van der Waals surface area contributed by atoms with Gasteiger partial charge < -0.3 is 4.74 Å². The van der Waals surface area contributed by atoms with Gasteiger partial charge in [-0.15, -0.1) is 0 Å². The maximum absolute atomic E-state index is 11.7. The third-order valence-corrected chi connectivity index (χ3v) is 5.51. The second kappa shape index (κ2) is 20.7. The fourth-order valence-electron chi connectivity index (χ4n) is 3.61. The Morgan fingerprint density at radius 3 is 2.23 bits per heavy atom. The summed E-state index contributed by atoms with van der Waals surface area (Å²) in [4.78, 5) is 14.1. The van der Waals surface area contributed by atoms with Crippen LogP contribution in [0.4, 0.5) is 0 Å². The fraction of sp³-hybridized carbons (Fsp3) is 0.741. The van der Waals surface area contributed by atoms with Gasteiger partial charge in [-0.3, -0.25) is 9.69 Å². The standard InChI is InChI=1S/C27H45NO2/c1-2-3-4-5-6-7-8-9-10-11-12-13-14-15-17-22-27(29)30-26-21-20-25-28-23-18-16-19-24-28/h6-7,9-10H,2-5,8,11-19,22-26H2,1H3/b7-6-,10-9-. The molecule has 3 heteroatoms. The van der Waals surface area contributed by atoms with Gasteiger partial charge in [0.15, 0.2) is 6.61 Å². The summed E-state index contributed by atoms with van der Waals surface area (Å²) in [5.41, 5.74) is 0. The molecule has 1 aliphatic heterocycles. The lowest BCUT2D eigenvalue weighted by Gasteiger charge is -2.23. The monoisotopic (exact) mass is 415 g/mol. The van der Waals surface area contributed by atoms with E-state index in [2.05, 4.69) is 48.0 Å². The first-order chi connectivity index (χ1) is 14.8. The van der Waals surface area contributed by atoms with Crippen molar-refractivity contribution in [3.63, 3.8) is 0 Å². The number of unbranched alkanes of at least 4 members (excludes halogenated alkanes) is 8. The molecule has 0 aromatic carbocycles. The molecule has 0 saturated carbocycles. The summed E-state index contributed by atoms with van der Waals surface area (Å²) in [6.07, 6.45) is 26.8. The molecule has 170 valence electrons. The molecule has 1 fully saturated rings. The zero-order valence-electron chi connectivity index (χ0n) is 19.5. The zero-order valence-corrected chi connectivity index (χ0v) is 19.5. The van der Waals surface area contributed by atoms with Crippen molar-refractivity contribution in [1.29, 1.82) is 0 Å². The first-order valence-corrected chi connectivity index (χ1v) is 12.5. The van der Waals surface area contributed by atoms with Crippen LogP contribution in [-0.4, -0.2) is 37.1 Å². The number of rotatable bonds is 16. The number of hydrogen-bond donors (Lipinski definition) is 0. The molecule has 0 aliphatic carbocycles. The van der Waals surface area contributed by atoms with Gasteiger partial charge in [-0.25, -0.2) is 0 Å². The molecule has 0 unspecified atom stereocenters. The van der Waals surface area contributed by atoms with E-state index in [1.165, 1.54) is 70.6 Å². The van der Waals surface area contributed by atoms with Crippen LogP contribution in [0.3, 0.4) is 0 Å². The van der Waals surface area contributed by atoms with Crippen LogP contribution in [0.15, 0.2) is 24.3 Å². The molecule has 30 heavy (non-hydrogen) atoms. The summed E-state index contributed by atoms with van der Waals surface area (Å²) in [6, 6.07) is 0. The first kappa shape index (κ1) is 26.5. The van der Waals surface area contributed by atoms with E-state index in [1.54, 1.807) is 0 Å². The lowest BCUT2D eigenvalue weighted by molar-refractivity contribution is -0.142. The van der Waals surface area contributed by atoms with Crippen LogP contribution < -0.4 is 0 Å². The number of esters is 1. The molecular formula is C27H45NO2. The van der Waals surface area contributed by atoms with E-state index in [4.69, 9.17) is 4.74 Å². The molecule has 1 aliphatic rings. The zero-order chi connectivity index (χ0) is 21.5. The van der Waals surface area contributed by atoms with Crippen LogP contribution in [0.25, 0.3) is 0 Å². The van der Waals surface area contributed by atoms with Gasteiger partial charge in [0.05, 0.1) is 6.54 Å². The van der Waals surface area contributed by atoms with E-state index in [1.807, 2.05) is 0 Å². The lowest BCUT2D eigenvalue weighted by atomic mass is 10.1. The minimum Gasteiger partial charge on any atom is -0.452 e. The molecule has 1 saturated heterocycles. The van der Waals surface area contributed by atoms with Crippen molar-refractivity contribution in [2.24, 2.45) is 0 Å². The van der Waals surface area contributed by atoms with Crippen molar-refractivity contribution >= 4 is 5.97 Å². The molecule has 0 aromatic heterocycles. The predicted octanol–water partition coefficient (Wildman–Crippen LogP) is 6.83. The Kier molecular flexibility index (Phi) is 18.3. The molecule has 0 aromatic rings. The summed E-state index contributed by atoms with van der Waals surface area (Å²) in [7, 11) is 0. The summed E-state index contributed by atoms with van der Waals surface area (Å²) in [5.74, 6) is 5.99. The molecule has 0 atom stereocenters. The topological polar surface area (TPSA) is 29.5 Å². The van der Waals surface area contributed by atoms with Crippen molar-refractivity contribution in [2.75, 3.05) is 26.2 Å². The van der Waals surface area contributed by atoms with Crippen LogP contribution >= 0.6 is 0 Å². The number of hydrogen-bond acceptors (Lipinski definition) is 3. The van der Waals surface area contributed by atoms with Crippen LogP contribution in [0.2, 0.25) is 0 Å². The van der Waals surface area contributed by atoms with E-state index < -0.39 is 0 Å². The minimum absolute atomic E-state index is 0.104. The average molecular weight is 416 g/mol. The van der Waals surface area contributed by atoms with Gasteiger partial charge in [0.1, 0.15) is 0 Å². The van der Waals surface area contributed by atoms with Gasteiger partial charge in [0.2, 0.25) is 0 Å². The second-order valence-electron chi connectivity index (χ2n) is 8.33. The van der Waals surface area contributed by atoms with Crippen LogP contribution in [0, 0.1) is 11.8 Å². The Balaban J connectivity index is 1.84. The smallest absolute Gasteiger partial charge is 0.306 e. The van der Waals surface area contributed by atoms with Crippen molar-refractivity contribution in [3.05, 3.63) is 24.3 Å². The second-order valence-corrected chi connectivity index (χ2v) is 8.33. The largest absolute Gasteiger partial charge is 0.452 e. The first-order valence-electron chi connectivity index (χ1n) is 12.5. The highest BCUT2D eigenvalue weighted by Gasteiger charge is 2.07. The molecule has 0 amide bonds. The fourth-order valence-corrected chi connectivity index (χ4v) is 3.61. The number of carbonyl (C=O) groups excluding carboxylic acids is 1. The highest BCUT2D eigenvalue weighted by Crippen LogP contribution is 2.09. The number of piperidine rings is 1. The Labute approximate surface area is 186 Å². The van der Waals surface area contributed by atoms with E-state index in [0.29, 0.717) is 6.42 Å². The van der Waals surface area contributed by atoms with Gasteiger partial charge in [-0.2, -0.15) is 0 Å². The minimum atomic E-state index is -0.104. The quantitative estimate of drug-likeness (QED) is 0.120. The lowest BCUT2D eigenvalue weighted by Crippen LogP contribution is -2.29. The van der Waals surface area contributed by atoms with Gasteiger partial charge in [-0.1, -0.05) is 81.6 Å². The molecule has 3 nitrogen and oxygen atoms in total. The highest BCUT2D eigenvalue weighted by molar-refractivity contribution is 5.69. The Morgan fingerprint density at radius 1 is 0.833 bits per heavy atom. The Morgan fingerprint density at radius 2 is 1.50 bits per heavy atom. The number of nitrogens with zero attached hydrogens (tertiary/aromatic N) is 1. The maximum Gasteiger partial charge on any atom is 0.306 e. The third kappa shape index (κ3) is 17.3. The average Bonchev–Trinajstić information content (AvgIpc) is 2.77. The van der Waals surface area contributed by atoms with Crippen LogP contribution in [-0.2, 0) is 9.53 Å². The number of likely N-dealkylation sites (tertiary alicyclic amines) is 1. The number of ether oxygens (including phenoxy) is 1. The summed E-state index contributed by atoms with van der Waals surface area (Å²) in [6.45, 7) is 5.60. The SMILES string of the molecule is CCCCC/C=C\C/C=C\CCCCCCCC(=O)OCC#CCN1CCCCC1. The summed E-state index contributed by atoms with van der Waals surface area (Å²) < 4.78 is 5.20. The van der Waals surface area contributed by atoms with Gasteiger partial charge >= 0.3 is 5.97 Å². The van der Waals surface area contributed by atoms with E-state index in [0.717, 1.165) is 38.9 Å². The number of allylic oxidation sites excluding steroid dienone is 4. The van der Waals surface area contributed by atoms with Crippen molar-refractivity contribution in [1.82, 2.24) is 4.90 Å². The molecule has 1 heterocycles. The van der Waals surface area contributed by atoms with Gasteiger partial charge in [0, 0.05) is 6.42 Å². The summed E-state index contributed by atoms with van der Waals surface area (Å²) >= 11 is 0. The Hall–Kier alpha value is -1.53. The van der Waals surface area contributed by atoms with Crippen molar-refractivity contribution in [2.45, 2.75) is 103 Å². The molecule has 0 bridgehead atoms.